The summed E-state index contributed by atoms with van der Waals surface area (Å²) >= 11 is 5.81. The maximum Gasteiger partial charge on any atom is 0.326 e. The largest absolute Gasteiger partial charge is 0.456 e. The molecule has 0 atom stereocenters. The second kappa shape index (κ2) is 6.84. The number of imide groups is 1. The predicted octanol–water partition coefficient (Wildman–Crippen LogP) is 1.93. The molecule has 8 heteroatoms. The van der Waals surface area contributed by atoms with Crippen molar-refractivity contribution >= 4 is 35.3 Å². The summed E-state index contributed by atoms with van der Waals surface area (Å²) in [5.74, 6) is -1.62. The van der Waals surface area contributed by atoms with Gasteiger partial charge in [0.1, 0.15) is 12.1 Å². The number of benzene rings is 1. The number of urea groups is 1. The molecule has 1 saturated heterocycles. The molecule has 1 saturated carbocycles. The minimum absolute atomic E-state index is 0.320. The Morgan fingerprint density at radius 3 is 2.64 bits per heavy atom. The van der Waals surface area contributed by atoms with Gasteiger partial charge in [-0.05, 0) is 25.0 Å². The summed E-state index contributed by atoms with van der Waals surface area (Å²) in [5.41, 5.74) is -0.547. The van der Waals surface area contributed by atoms with Crippen LogP contribution in [0, 0.1) is 0 Å². The van der Waals surface area contributed by atoms with Crippen molar-refractivity contribution in [2.45, 2.75) is 31.2 Å². The molecular weight excluding hydrogens is 348 g/mol. The van der Waals surface area contributed by atoms with Crippen molar-refractivity contribution < 1.29 is 23.9 Å². The van der Waals surface area contributed by atoms with E-state index >= 15 is 0 Å². The molecular formula is C17H17ClN2O5. The predicted molar refractivity (Wildman–Crippen MR) is 88.2 cm³/mol. The first-order valence-electron chi connectivity index (χ1n) is 8.00. The molecule has 0 aromatic heterocycles. The summed E-state index contributed by atoms with van der Waals surface area (Å²) in [7, 11) is 0. The summed E-state index contributed by atoms with van der Waals surface area (Å²) in [6, 6.07) is 5.68. The highest BCUT2D eigenvalue weighted by Gasteiger charge is 2.52. The second-order valence-electron chi connectivity index (χ2n) is 6.20. The van der Waals surface area contributed by atoms with E-state index in [2.05, 4.69) is 5.32 Å². The highest BCUT2D eigenvalue weighted by atomic mass is 35.5. The van der Waals surface area contributed by atoms with E-state index in [4.69, 9.17) is 16.3 Å². The first-order chi connectivity index (χ1) is 11.9. The van der Waals surface area contributed by atoms with Gasteiger partial charge >= 0.3 is 12.0 Å². The topological polar surface area (TPSA) is 92.8 Å². The first kappa shape index (κ1) is 17.4. The van der Waals surface area contributed by atoms with E-state index in [9.17, 15) is 19.2 Å². The van der Waals surface area contributed by atoms with Crippen LogP contribution in [0.25, 0.3) is 0 Å². The van der Waals surface area contributed by atoms with Gasteiger partial charge in [-0.3, -0.25) is 19.3 Å². The van der Waals surface area contributed by atoms with Crippen LogP contribution in [0.15, 0.2) is 24.3 Å². The summed E-state index contributed by atoms with van der Waals surface area (Å²) < 4.78 is 4.90. The fourth-order valence-corrected chi connectivity index (χ4v) is 3.39. The summed E-state index contributed by atoms with van der Waals surface area (Å²) in [5, 5.41) is 3.08. The van der Waals surface area contributed by atoms with Crippen molar-refractivity contribution in [3.63, 3.8) is 0 Å². The number of hydrogen-bond acceptors (Lipinski definition) is 5. The van der Waals surface area contributed by atoms with Gasteiger partial charge < -0.3 is 10.1 Å². The number of ether oxygens (including phenoxy) is 1. The van der Waals surface area contributed by atoms with Crippen molar-refractivity contribution in [3.8, 4) is 0 Å². The van der Waals surface area contributed by atoms with Crippen LogP contribution < -0.4 is 5.32 Å². The normalized spacial score (nSPS) is 18.5. The van der Waals surface area contributed by atoms with Crippen LogP contribution in [0.4, 0.5) is 4.79 Å². The molecule has 132 valence electrons. The van der Waals surface area contributed by atoms with Gasteiger partial charge in [0.05, 0.1) is 0 Å². The van der Waals surface area contributed by atoms with Gasteiger partial charge in [-0.2, -0.15) is 0 Å². The summed E-state index contributed by atoms with van der Waals surface area (Å²) in [6.45, 7) is -0.983. The Hall–Kier alpha value is -2.41. The molecule has 1 aromatic carbocycles. The van der Waals surface area contributed by atoms with Gasteiger partial charge in [0.15, 0.2) is 12.4 Å². The maximum atomic E-state index is 12.4. The third kappa shape index (κ3) is 3.51. The van der Waals surface area contributed by atoms with Crippen LogP contribution in [-0.4, -0.2) is 47.3 Å². The van der Waals surface area contributed by atoms with E-state index in [0.717, 1.165) is 17.7 Å². The van der Waals surface area contributed by atoms with Gasteiger partial charge in [0, 0.05) is 10.6 Å². The van der Waals surface area contributed by atoms with Crippen molar-refractivity contribution in [2.24, 2.45) is 0 Å². The average Bonchev–Trinajstić information content (AvgIpc) is 3.14. The number of carbonyl (C=O) groups is 4. The molecule has 0 radical (unpaired) electrons. The minimum Gasteiger partial charge on any atom is -0.456 e. The molecule has 1 aromatic rings. The molecule has 1 heterocycles. The molecule has 3 rings (SSSR count). The van der Waals surface area contributed by atoms with Gasteiger partial charge in [0.2, 0.25) is 0 Å². The Morgan fingerprint density at radius 1 is 1.24 bits per heavy atom. The van der Waals surface area contributed by atoms with Crippen LogP contribution in [-0.2, 0) is 14.3 Å². The van der Waals surface area contributed by atoms with Crippen LogP contribution in [0.3, 0.4) is 0 Å². The summed E-state index contributed by atoms with van der Waals surface area (Å²) in [6.07, 6.45) is 2.88. The fourth-order valence-electron chi connectivity index (χ4n) is 3.20. The van der Waals surface area contributed by atoms with Crippen LogP contribution in [0.1, 0.15) is 36.0 Å². The highest BCUT2D eigenvalue weighted by molar-refractivity contribution is 6.31. The Kier molecular flexibility index (Phi) is 4.76. The Labute approximate surface area is 149 Å². The lowest BCUT2D eigenvalue weighted by Gasteiger charge is -2.19. The number of carbonyl (C=O) groups excluding carboxylic acids is 4. The molecule has 7 nitrogen and oxygen atoms in total. The molecule has 1 spiro atoms. The van der Waals surface area contributed by atoms with E-state index in [1.54, 1.807) is 18.2 Å². The van der Waals surface area contributed by atoms with E-state index in [0.29, 0.717) is 23.4 Å². The molecule has 2 aliphatic rings. The minimum atomic E-state index is -0.867. The van der Waals surface area contributed by atoms with Crippen molar-refractivity contribution in [1.29, 1.82) is 0 Å². The lowest BCUT2D eigenvalue weighted by atomic mass is 9.98. The molecule has 1 aliphatic carbocycles. The van der Waals surface area contributed by atoms with E-state index in [-0.39, 0.29) is 0 Å². The van der Waals surface area contributed by atoms with Crippen LogP contribution in [0.2, 0.25) is 5.02 Å². The van der Waals surface area contributed by atoms with E-state index in [1.807, 2.05) is 0 Å². The zero-order chi connectivity index (χ0) is 18.0. The smallest absolute Gasteiger partial charge is 0.326 e. The van der Waals surface area contributed by atoms with E-state index in [1.165, 1.54) is 6.07 Å². The maximum absolute atomic E-state index is 12.4. The number of ketones is 1. The van der Waals surface area contributed by atoms with Crippen molar-refractivity contribution in [3.05, 3.63) is 34.9 Å². The molecule has 0 unspecified atom stereocenters. The van der Waals surface area contributed by atoms with Crippen LogP contribution in [0.5, 0.6) is 0 Å². The van der Waals surface area contributed by atoms with Gasteiger partial charge in [-0.15, -0.1) is 0 Å². The van der Waals surface area contributed by atoms with Crippen molar-refractivity contribution in [1.82, 2.24) is 10.2 Å². The lowest BCUT2D eigenvalue weighted by Crippen LogP contribution is -2.44. The number of esters is 1. The first-order valence-corrected chi connectivity index (χ1v) is 8.38. The average molecular weight is 365 g/mol. The fraction of sp³-hybridized carbons (Fsp3) is 0.412. The number of nitrogens with zero attached hydrogens (tertiary/aromatic N) is 1. The third-order valence-corrected chi connectivity index (χ3v) is 4.74. The Balaban J connectivity index is 1.55. The highest BCUT2D eigenvalue weighted by Crippen LogP contribution is 2.34. The summed E-state index contributed by atoms with van der Waals surface area (Å²) in [4.78, 5) is 49.2. The quantitative estimate of drug-likeness (QED) is 0.489. The zero-order valence-corrected chi connectivity index (χ0v) is 14.2. The molecule has 1 aliphatic heterocycles. The number of rotatable bonds is 5. The molecule has 25 heavy (non-hydrogen) atoms. The number of hydrogen-bond donors (Lipinski definition) is 1. The van der Waals surface area contributed by atoms with Gasteiger partial charge in [0.25, 0.3) is 5.91 Å². The van der Waals surface area contributed by atoms with Gasteiger partial charge in [-0.1, -0.05) is 36.6 Å². The Morgan fingerprint density at radius 2 is 1.96 bits per heavy atom. The molecule has 3 amide bonds. The number of nitrogens with one attached hydrogen (secondary N) is 1. The molecule has 1 N–H and O–H groups in total. The molecule has 0 bridgehead atoms. The third-order valence-electron chi connectivity index (χ3n) is 4.50. The second-order valence-corrected chi connectivity index (χ2v) is 6.64. The monoisotopic (exact) mass is 364 g/mol. The standard InChI is InChI=1S/C17H17ClN2O5/c18-12-5-3-4-11(8-12)13(21)10-25-14(22)9-20-15(23)17(19-16(20)24)6-1-2-7-17/h3-5,8H,1-2,6-7,9-10H2,(H,19,24). The Bertz CT molecular complexity index is 742. The number of halogens is 1. The number of Topliss-reactive ketones (excluding diaryl/α,β-unsaturated/α-hetero) is 1. The molecule has 2 fully saturated rings. The van der Waals surface area contributed by atoms with Crippen LogP contribution >= 0.6 is 11.6 Å². The van der Waals surface area contributed by atoms with E-state index < -0.39 is 42.4 Å². The SMILES string of the molecule is O=C(CN1C(=O)NC2(CCCC2)C1=O)OCC(=O)c1cccc(Cl)c1. The number of amides is 3. The lowest BCUT2D eigenvalue weighted by molar-refractivity contribution is -0.146. The van der Waals surface area contributed by atoms with Crippen molar-refractivity contribution in [2.75, 3.05) is 13.2 Å². The zero-order valence-electron chi connectivity index (χ0n) is 13.4. The van der Waals surface area contributed by atoms with Gasteiger partial charge in [-0.25, -0.2) is 4.79 Å².